The first-order valence-electron chi connectivity index (χ1n) is 7.37. The lowest BCUT2D eigenvalue weighted by Gasteiger charge is -2.25. The first-order chi connectivity index (χ1) is 10.7. The Hall–Kier alpha value is -2.50. The molecule has 0 aliphatic carbocycles. The normalized spacial score (nSPS) is 18.3. The first-order valence-corrected chi connectivity index (χ1v) is 7.37. The van der Waals surface area contributed by atoms with E-state index < -0.39 is 0 Å². The molecule has 1 aliphatic heterocycles. The highest BCUT2D eigenvalue weighted by Crippen LogP contribution is 2.29. The molecule has 0 fully saturated rings. The summed E-state index contributed by atoms with van der Waals surface area (Å²) in [7, 11) is 0. The Labute approximate surface area is 127 Å². The van der Waals surface area contributed by atoms with Gasteiger partial charge in [-0.3, -0.25) is 5.10 Å². The number of fused-ring (bicyclic) bond motifs is 2. The van der Waals surface area contributed by atoms with Gasteiger partial charge in [0.1, 0.15) is 23.5 Å². The molecule has 0 radical (unpaired) electrons. The van der Waals surface area contributed by atoms with E-state index in [-0.39, 0.29) is 5.82 Å². The number of H-pyrrole nitrogens is 1. The molecule has 1 aromatic carbocycles. The zero-order chi connectivity index (χ0) is 15.1. The molecule has 1 unspecified atom stereocenters. The van der Waals surface area contributed by atoms with Crippen LogP contribution < -0.4 is 4.90 Å². The van der Waals surface area contributed by atoms with Crippen LogP contribution in [0.3, 0.4) is 0 Å². The number of hydrogen-bond donors (Lipinski definition) is 1. The Morgan fingerprint density at radius 3 is 3.14 bits per heavy atom. The Morgan fingerprint density at radius 1 is 1.32 bits per heavy atom. The van der Waals surface area contributed by atoms with Crippen molar-refractivity contribution in [2.24, 2.45) is 5.92 Å². The van der Waals surface area contributed by atoms with E-state index in [1.807, 2.05) is 12.3 Å². The smallest absolute Gasteiger partial charge is 0.149 e. The van der Waals surface area contributed by atoms with Crippen LogP contribution in [0.1, 0.15) is 18.2 Å². The highest BCUT2D eigenvalue weighted by atomic mass is 19.1. The molecule has 22 heavy (non-hydrogen) atoms. The van der Waals surface area contributed by atoms with Gasteiger partial charge in [0.05, 0.1) is 6.20 Å². The predicted octanol–water partition coefficient (Wildman–Crippen LogP) is 2.69. The van der Waals surface area contributed by atoms with Gasteiger partial charge in [-0.1, -0.05) is 13.0 Å². The van der Waals surface area contributed by atoms with Gasteiger partial charge in [0.2, 0.25) is 0 Å². The minimum atomic E-state index is -0.312. The second kappa shape index (κ2) is 5.05. The maximum Gasteiger partial charge on any atom is 0.149 e. The Kier molecular flexibility index (Phi) is 3.03. The fraction of sp³-hybridized carbons (Fsp3) is 0.312. The van der Waals surface area contributed by atoms with Gasteiger partial charge in [0.25, 0.3) is 0 Å². The van der Waals surface area contributed by atoms with E-state index in [2.05, 4.69) is 32.0 Å². The summed E-state index contributed by atoms with van der Waals surface area (Å²) in [4.78, 5) is 10.7. The molecule has 3 heterocycles. The van der Waals surface area contributed by atoms with Crippen molar-refractivity contribution in [1.29, 1.82) is 0 Å². The van der Waals surface area contributed by atoms with Gasteiger partial charge in [0, 0.05) is 29.7 Å². The third-order valence-electron chi connectivity index (χ3n) is 4.15. The lowest BCUT2D eigenvalue weighted by atomic mass is 10.1. The molecule has 0 saturated heterocycles. The summed E-state index contributed by atoms with van der Waals surface area (Å²) in [6, 6.07) is 5.01. The van der Waals surface area contributed by atoms with Crippen LogP contribution in [0.25, 0.3) is 10.9 Å². The zero-order valence-corrected chi connectivity index (χ0v) is 12.3. The molecular formula is C16H16FN5. The van der Waals surface area contributed by atoms with Crippen molar-refractivity contribution >= 4 is 16.7 Å². The summed E-state index contributed by atoms with van der Waals surface area (Å²) < 4.78 is 14.0. The monoisotopic (exact) mass is 297 g/mol. The van der Waals surface area contributed by atoms with E-state index in [0.29, 0.717) is 11.4 Å². The van der Waals surface area contributed by atoms with Gasteiger partial charge in [-0.25, -0.2) is 14.4 Å². The van der Waals surface area contributed by atoms with E-state index in [1.54, 1.807) is 6.07 Å². The molecule has 0 spiro atoms. The molecule has 6 heteroatoms. The van der Waals surface area contributed by atoms with Crippen LogP contribution in [0.2, 0.25) is 0 Å². The van der Waals surface area contributed by atoms with Crippen LogP contribution in [0, 0.1) is 11.7 Å². The number of rotatable bonds is 1. The zero-order valence-electron chi connectivity index (χ0n) is 12.3. The number of hydrogen-bond acceptors (Lipinski definition) is 4. The van der Waals surface area contributed by atoms with Crippen LogP contribution in [-0.2, 0) is 13.0 Å². The van der Waals surface area contributed by atoms with E-state index in [4.69, 9.17) is 0 Å². The molecule has 3 aromatic rings. The minimum absolute atomic E-state index is 0.312. The number of nitrogens with zero attached hydrogens (tertiary/aromatic N) is 4. The molecule has 112 valence electrons. The van der Waals surface area contributed by atoms with Gasteiger partial charge in [-0.2, -0.15) is 5.10 Å². The summed E-state index contributed by atoms with van der Waals surface area (Å²) in [5.41, 5.74) is 2.73. The SMILES string of the molecule is CC1Cc2[nH]ncc2CN(c2ncnc3c(F)cccc23)C1. The largest absolute Gasteiger partial charge is 0.351 e. The summed E-state index contributed by atoms with van der Waals surface area (Å²) in [6.07, 6.45) is 4.26. The summed E-state index contributed by atoms with van der Waals surface area (Å²) in [6.45, 7) is 3.79. The number of anilines is 1. The Bertz CT molecular complexity index is 828. The van der Waals surface area contributed by atoms with E-state index in [9.17, 15) is 4.39 Å². The standard InChI is InChI=1S/C16H16FN5/c1-10-5-14-11(6-20-21-14)8-22(7-10)16-12-3-2-4-13(17)15(12)18-9-19-16/h2-4,6,9-10H,5,7-8H2,1H3,(H,20,21). The first kappa shape index (κ1) is 13.2. The molecule has 0 amide bonds. The van der Waals surface area contributed by atoms with Crippen molar-refractivity contribution in [3.8, 4) is 0 Å². The molecule has 1 atom stereocenters. The fourth-order valence-corrected chi connectivity index (χ4v) is 3.16. The van der Waals surface area contributed by atoms with E-state index in [0.717, 1.165) is 30.7 Å². The maximum absolute atomic E-state index is 14.0. The van der Waals surface area contributed by atoms with Crippen molar-refractivity contribution < 1.29 is 4.39 Å². The Morgan fingerprint density at radius 2 is 2.23 bits per heavy atom. The predicted molar refractivity (Wildman–Crippen MR) is 82.0 cm³/mol. The quantitative estimate of drug-likeness (QED) is 0.750. The molecule has 2 aromatic heterocycles. The van der Waals surface area contributed by atoms with Crippen molar-refractivity contribution in [1.82, 2.24) is 20.2 Å². The lowest BCUT2D eigenvalue weighted by molar-refractivity contribution is 0.566. The van der Waals surface area contributed by atoms with Crippen LogP contribution in [0.5, 0.6) is 0 Å². The molecule has 0 saturated carbocycles. The van der Waals surface area contributed by atoms with E-state index >= 15 is 0 Å². The van der Waals surface area contributed by atoms with Gasteiger partial charge in [-0.15, -0.1) is 0 Å². The number of benzene rings is 1. The Balaban J connectivity index is 1.83. The third kappa shape index (κ3) is 2.11. The second-order valence-corrected chi connectivity index (χ2v) is 5.90. The third-order valence-corrected chi connectivity index (χ3v) is 4.15. The minimum Gasteiger partial charge on any atom is -0.351 e. The number of nitrogens with one attached hydrogen (secondary N) is 1. The number of aromatic amines is 1. The van der Waals surface area contributed by atoms with Crippen molar-refractivity contribution in [2.75, 3.05) is 11.4 Å². The average Bonchev–Trinajstić information content (AvgIpc) is 2.87. The van der Waals surface area contributed by atoms with Crippen molar-refractivity contribution in [3.05, 3.63) is 47.8 Å². The molecule has 1 aliphatic rings. The average molecular weight is 297 g/mol. The van der Waals surface area contributed by atoms with Crippen LogP contribution in [0.4, 0.5) is 10.2 Å². The lowest BCUT2D eigenvalue weighted by Crippen LogP contribution is -2.27. The second-order valence-electron chi connectivity index (χ2n) is 5.90. The van der Waals surface area contributed by atoms with Crippen LogP contribution in [-0.4, -0.2) is 26.7 Å². The summed E-state index contributed by atoms with van der Waals surface area (Å²) in [5, 5.41) is 7.97. The van der Waals surface area contributed by atoms with Gasteiger partial charge >= 0.3 is 0 Å². The molecule has 5 nitrogen and oxygen atoms in total. The number of halogens is 1. The van der Waals surface area contributed by atoms with Gasteiger partial charge in [-0.05, 0) is 24.5 Å². The molecule has 1 N–H and O–H groups in total. The van der Waals surface area contributed by atoms with Crippen molar-refractivity contribution in [3.63, 3.8) is 0 Å². The highest BCUT2D eigenvalue weighted by Gasteiger charge is 2.23. The highest BCUT2D eigenvalue weighted by molar-refractivity contribution is 5.89. The van der Waals surface area contributed by atoms with E-state index in [1.165, 1.54) is 23.7 Å². The molecular weight excluding hydrogens is 281 g/mol. The van der Waals surface area contributed by atoms with Gasteiger partial charge < -0.3 is 4.90 Å². The van der Waals surface area contributed by atoms with Gasteiger partial charge in [0.15, 0.2) is 0 Å². The van der Waals surface area contributed by atoms with Crippen molar-refractivity contribution in [2.45, 2.75) is 19.9 Å². The molecule has 0 bridgehead atoms. The topological polar surface area (TPSA) is 57.7 Å². The fourth-order valence-electron chi connectivity index (χ4n) is 3.16. The number of aromatic nitrogens is 4. The van der Waals surface area contributed by atoms with Crippen LogP contribution >= 0.6 is 0 Å². The summed E-state index contributed by atoms with van der Waals surface area (Å²) >= 11 is 0. The van der Waals surface area contributed by atoms with Crippen LogP contribution in [0.15, 0.2) is 30.7 Å². The number of para-hydroxylation sites is 1. The maximum atomic E-state index is 14.0. The summed E-state index contributed by atoms with van der Waals surface area (Å²) in [5.74, 6) is 0.929. The molecule has 4 rings (SSSR count).